The third kappa shape index (κ3) is 6.28. The van der Waals surface area contributed by atoms with Gasteiger partial charge in [0.2, 0.25) is 11.5 Å². The van der Waals surface area contributed by atoms with Gasteiger partial charge < -0.3 is 38.8 Å². The average Bonchev–Trinajstić information content (AvgIpc) is 3.99. The van der Waals surface area contributed by atoms with E-state index in [2.05, 4.69) is 26.9 Å². The Kier molecular flexibility index (Phi) is 10.9. The van der Waals surface area contributed by atoms with Gasteiger partial charge in [-0.25, -0.2) is 13.6 Å². The van der Waals surface area contributed by atoms with Gasteiger partial charge >= 0.3 is 17.9 Å². The first-order valence-electron chi connectivity index (χ1n) is 23.7. The van der Waals surface area contributed by atoms with Crippen molar-refractivity contribution in [2.24, 2.45) is 17.3 Å². The standard InChI is InChI=1S/C53H59F2N5O8/c1-8-50-17-9-19-60-21-18-51(44(50)60)38-24-39(42(65-5)25-41(38)58(4)45(51)53(64,48(63)67-7)46(50)68-30(2)61)52(47(62)66-6)26-32-22-35(49(3,54)55)29-59(28-32)20-16-36-37-23-34(14-15-40(37)57-43(36)52)33-12-10-31(27-56)11-13-33/h9-15,17,23-25,32,35,44-46,57,64H,8,16,18-22,26,28-29H2,1-7H3/t32-,35-,44+,45-,46-,50-,51-,52+,53+/m1/s1. The van der Waals surface area contributed by atoms with Crippen LogP contribution in [0.15, 0.2) is 66.7 Å². The molecule has 5 aliphatic heterocycles. The van der Waals surface area contributed by atoms with E-state index < -0.39 is 75.7 Å². The molecule has 1 unspecified atom stereocenters. The molecule has 2 N–H and O–H groups in total. The normalized spacial score (nSPS) is 32.6. The van der Waals surface area contributed by atoms with Gasteiger partial charge in [0.25, 0.3) is 0 Å². The maximum absolute atomic E-state index is 15.6. The highest BCUT2D eigenvalue weighted by molar-refractivity contribution is 5.96. The summed E-state index contributed by atoms with van der Waals surface area (Å²) in [6, 6.07) is 18.1. The molecular formula is C53H59F2N5O8. The Bertz CT molecular complexity index is 2800. The van der Waals surface area contributed by atoms with Crippen molar-refractivity contribution in [3.05, 3.63) is 94.7 Å². The predicted molar refractivity (Wildman–Crippen MR) is 249 cm³/mol. The number of anilines is 1. The van der Waals surface area contributed by atoms with Gasteiger partial charge in [0.15, 0.2) is 6.10 Å². The Balaban J connectivity index is 1.27. The van der Waals surface area contributed by atoms with Crippen LogP contribution in [0.25, 0.3) is 22.0 Å². The van der Waals surface area contributed by atoms with Crippen molar-refractivity contribution in [2.75, 3.05) is 66.0 Å². The van der Waals surface area contributed by atoms with Gasteiger partial charge in [-0.1, -0.05) is 37.3 Å². The van der Waals surface area contributed by atoms with E-state index in [1.165, 1.54) is 28.3 Å². The largest absolute Gasteiger partial charge is 0.496 e. The van der Waals surface area contributed by atoms with Crippen LogP contribution >= 0.6 is 0 Å². The van der Waals surface area contributed by atoms with Crippen LogP contribution in [0, 0.1) is 28.6 Å². The molecule has 0 amide bonds. The first-order chi connectivity index (χ1) is 32.5. The number of hydrogen-bond donors (Lipinski definition) is 2. The summed E-state index contributed by atoms with van der Waals surface area (Å²) in [5.41, 5.74) is 0.333. The number of alkyl halides is 2. The van der Waals surface area contributed by atoms with Gasteiger partial charge in [-0.15, -0.1) is 0 Å². The molecule has 2 bridgehead atoms. The second-order valence-electron chi connectivity index (χ2n) is 20.2. The molecular weight excluding hydrogens is 873 g/mol. The number of nitrogens with zero attached hydrogens (tertiary/aromatic N) is 4. The quantitative estimate of drug-likeness (QED) is 0.110. The number of aromatic nitrogens is 1. The number of benzene rings is 3. The average molecular weight is 932 g/mol. The third-order valence-corrected chi connectivity index (χ3v) is 17.0. The topological polar surface area (TPSA) is 158 Å². The number of aromatic amines is 1. The molecule has 6 aliphatic rings. The number of esters is 3. The molecule has 10 atom stereocenters. The molecule has 1 aliphatic carbocycles. The lowest BCUT2D eigenvalue weighted by atomic mass is 9.47. The molecule has 68 heavy (non-hydrogen) atoms. The van der Waals surface area contributed by atoms with E-state index in [0.29, 0.717) is 73.7 Å². The minimum absolute atomic E-state index is 0.101. The first-order valence-corrected chi connectivity index (χ1v) is 23.7. The summed E-state index contributed by atoms with van der Waals surface area (Å²) in [7, 11) is 5.92. The number of ether oxygens (including phenoxy) is 4. The maximum atomic E-state index is 15.6. The molecule has 3 aromatic carbocycles. The number of nitrogens with one attached hydrogen (secondary N) is 1. The zero-order valence-electron chi connectivity index (χ0n) is 39.7. The van der Waals surface area contributed by atoms with Crippen molar-refractivity contribution < 1.29 is 47.2 Å². The van der Waals surface area contributed by atoms with Crippen LogP contribution in [0.1, 0.15) is 74.4 Å². The molecule has 358 valence electrons. The van der Waals surface area contributed by atoms with Crippen molar-refractivity contribution >= 4 is 34.5 Å². The third-order valence-electron chi connectivity index (χ3n) is 17.0. The second-order valence-corrected chi connectivity index (χ2v) is 20.2. The monoisotopic (exact) mass is 931 g/mol. The number of methoxy groups -OCH3 is 3. The smallest absolute Gasteiger partial charge is 0.344 e. The predicted octanol–water partition coefficient (Wildman–Crippen LogP) is 6.66. The molecule has 10 rings (SSSR count). The number of halogens is 2. The van der Waals surface area contributed by atoms with Crippen LogP contribution in [0.4, 0.5) is 14.5 Å². The van der Waals surface area contributed by atoms with Gasteiger partial charge in [0, 0.05) is 96.9 Å². The number of hydrogen-bond acceptors (Lipinski definition) is 12. The van der Waals surface area contributed by atoms with E-state index in [1.807, 2.05) is 67.4 Å². The highest BCUT2D eigenvalue weighted by atomic mass is 19.3. The maximum Gasteiger partial charge on any atom is 0.344 e. The Morgan fingerprint density at radius 1 is 0.971 bits per heavy atom. The number of nitriles is 1. The van der Waals surface area contributed by atoms with Crippen LogP contribution in [-0.4, -0.2) is 129 Å². The van der Waals surface area contributed by atoms with Crippen LogP contribution in [0.5, 0.6) is 5.75 Å². The van der Waals surface area contributed by atoms with Gasteiger partial charge in [-0.2, -0.15) is 5.26 Å². The van der Waals surface area contributed by atoms with E-state index in [0.717, 1.165) is 40.1 Å². The summed E-state index contributed by atoms with van der Waals surface area (Å²) in [4.78, 5) is 53.3. The molecule has 13 nitrogen and oxygen atoms in total. The summed E-state index contributed by atoms with van der Waals surface area (Å²) in [6.45, 7) is 6.57. The highest BCUT2D eigenvalue weighted by Gasteiger charge is 2.80. The zero-order chi connectivity index (χ0) is 48.3. The van der Waals surface area contributed by atoms with Crippen molar-refractivity contribution in [2.45, 2.75) is 93.4 Å². The number of carbonyl (C=O) groups excluding carboxylic acids is 3. The van der Waals surface area contributed by atoms with Gasteiger partial charge in [-0.3, -0.25) is 14.5 Å². The SMILES string of the molecule is CC[C@]12C=CCN3CC[C@@]4(c5cc([C@@]6(C(=O)OC)C[C@H]7C[C@@H](C(C)(F)F)CN(CCc8c6[nH]c6ccc(-c9ccc(C#N)cc9)cc86)C7)c(OC)cc5N(C)[C@H]4[C@@](O)(C(=O)OC)[C@@H]1OC(C)=O)[C@@H]32. The van der Waals surface area contributed by atoms with Gasteiger partial charge in [0.05, 0.1) is 39.0 Å². The van der Waals surface area contributed by atoms with Crippen molar-refractivity contribution in [3.8, 4) is 22.9 Å². The summed E-state index contributed by atoms with van der Waals surface area (Å²) >= 11 is 0. The molecule has 1 spiro atoms. The Labute approximate surface area is 394 Å². The van der Waals surface area contributed by atoms with Crippen LogP contribution in [-0.2, 0) is 45.8 Å². The summed E-state index contributed by atoms with van der Waals surface area (Å²) < 4.78 is 55.2. The number of rotatable bonds is 8. The fourth-order valence-electron chi connectivity index (χ4n) is 14.4. The van der Waals surface area contributed by atoms with E-state index in [1.54, 1.807) is 12.1 Å². The van der Waals surface area contributed by atoms with E-state index in [4.69, 9.17) is 18.9 Å². The van der Waals surface area contributed by atoms with Crippen LogP contribution in [0.3, 0.4) is 0 Å². The first kappa shape index (κ1) is 45.9. The molecule has 2 saturated heterocycles. The molecule has 4 aromatic rings. The number of aliphatic hydroxyl groups is 1. The minimum Gasteiger partial charge on any atom is -0.496 e. The number of fused-ring (bicyclic) bond motifs is 6. The minimum atomic E-state index is -2.98. The summed E-state index contributed by atoms with van der Waals surface area (Å²) in [6.07, 6.45) is 4.28. The van der Waals surface area contributed by atoms with Crippen molar-refractivity contribution in [3.63, 3.8) is 0 Å². The molecule has 1 aromatic heterocycles. The molecule has 15 heteroatoms. The number of H-pyrrole nitrogens is 1. The summed E-state index contributed by atoms with van der Waals surface area (Å²) in [5, 5.41) is 23.8. The van der Waals surface area contributed by atoms with Crippen molar-refractivity contribution in [1.29, 1.82) is 5.26 Å². The number of piperidine rings is 1. The van der Waals surface area contributed by atoms with E-state index in [-0.39, 0.29) is 19.4 Å². The Hall–Kier alpha value is -5.82. The highest BCUT2D eigenvalue weighted by Crippen LogP contribution is 2.68. The van der Waals surface area contributed by atoms with Gasteiger partial charge in [-0.05, 0) is 104 Å². The zero-order valence-corrected chi connectivity index (χ0v) is 39.7. The Morgan fingerprint density at radius 3 is 2.37 bits per heavy atom. The van der Waals surface area contributed by atoms with E-state index in [9.17, 15) is 20.0 Å². The second kappa shape index (κ2) is 16.1. The lowest BCUT2D eigenvalue weighted by molar-refractivity contribution is -0.228. The fraction of sp³-hybridized carbons (Fsp3) is 0.509. The van der Waals surface area contributed by atoms with Crippen LogP contribution in [0.2, 0.25) is 0 Å². The van der Waals surface area contributed by atoms with Gasteiger partial charge in [0.1, 0.15) is 11.2 Å². The Morgan fingerprint density at radius 2 is 1.71 bits per heavy atom. The van der Waals surface area contributed by atoms with Crippen LogP contribution < -0.4 is 9.64 Å². The summed E-state index contributed by atoms with van der Waals surface area (Å²) in [5.74, 6) is -6.16. The molecule has 1 saturated carbocycles. The lowest BCUT2D eigenvalue weighted by Gasteiger charge is -2.63. The number of likely N-dealkylation sites (N-methyl/N-ethyl adjacent to an activating group) is 1. The van der Waals surface area contributed by atoms with Crippen molar-refractivity contribution in [1.82, 2.24) is 14.8 Å². The fourth-order valence-corrected chi connectivity index (χ4v) is 14.4. The van der Waals surface area contributed by atoms with E-state index >= 15 is 13.6 Å². The number of carbonyl (C=O) groups is 3. The molecule has 0 radical (unpaired) electrons. The molecule has 6 heterocycles. The lowest BCUT2D eigenvalue weighted by Crippen LogP contribution is -2.81. The molecule has 3 fully saturated rings.